The van der Waals surface area contributed by atoms with Crippen molar-refractivity contribution in [3.63, 3.8) is 0 Å². The Morgan fingerprint density at radius 2 is 2.07 bits per heavy atom. The molecule has 0 saturated carbocycles. The summed E-state index contributed by atoms with van der Waals surface area (Å²) in [7, 11) is 1.73. The lowest BCUT2D eigenvalue weighted by Crippen LogP contribution is -2.01. The van der Waals surface area contributed by atoms with E-state index in [-0.39, 0.29) is 0 Å². The van der Waals surface area contributed by atoms with Crippen LogP contribution in [0.5, 0.6) is 0 Å². The highest BCUT2D eigenvalue weighted by Gasteiger charge is 2.02. The molecule has 0 saturated heterocycles. The van der Waals surface area contributed by atoms with Gasteiger partial charge in [-0.3, -0.25) is 0 Å². The van der Waals surface area contributed by atoms with E-state index in [0.717, 1.165) is 30.3 Å². The van der Waals surface area contributed by atoms with Gasteiger partial charge in [0.1, 0.15) is 0 Å². The lowest BCUT2D eigenvalue weighted by molar-refractivity contribution is 0.184. The molecule has 0 unspecified atom stereocenters. The number of ether oxygens (including phenoxy) is 1. The second-order valence-corrected chi connectivity index (χ2v) is 4.51. The Balaban J connectivity index is 2.68. The van der Waals surface area contributed by atoms with E-state index in [2.05, 4.69) is 34.1 Å². The van der Waals surface area contributed by atoms with Crippen molar-refractivity contribution in [1.29, 1.82) is 0 Å². The van der Waals surface area contributed by atoms with Crippen LogP contribution in [0.25, 0.3) is 0 Å². The average molecular weight is 272 g/mol. The van der Waals surface area contributed by atoms with E-state index in [9.17, 15) is 0 Å². The number of halogens is 1. The molecule has 15 heavy (non-hydrogen) atoms. The van der Waals surface area contributed by atoms with Crippen LogP contribution >= 0.6 is 15.9 Å². The predicted molar refractivity (Wildman–Crippen MR) is 66.8 cm³/mol. The van der Waals surface area contributed by atoms with Crippen LogP contribution in [0.4, 0.5) is 0 Å². The van der Waals surface area contributed by atoms with Gasteiger partial charge in [-0.25, -0.2) is 0 Å². The van der Waals surface area contributed by atoms with Crippen LogP contribution in [0.3, 0.4) is 0 Å². The van der Waals surface area contributed by atoms with Gasteiger partial charge < -0.3 is 10.5 Å². The molecular weight excluding hydrogens is 254 g/mol. The second-order valence-electron chi connectivity index (χ2n) is 3.59. The lowest BCUT2D eigenvalue weighted by atomic mass is 10.0. The number of rotatable bonds is 6. The Hall–Kier alpha value is -0.380. The first-order chi connectivity index (χ1) is 7.27. The molecule has 2 N–H and O–H groups in total. The number of unbranched alkanes of at least 4 members (excludes halogenated alkanes) is 1. The van der Waals surface area contributed by atoms with Crippen LogP contribution in [0.15, 0.2) is 22.7 Å². The van der Waals surface area contributed by atoms with Crippen molar-refractivity contribution in [3.8, 4) is 0 Å². The third-order valence-corrected chi connectivity index (χ3v) is 2.86. The summed E-state index contributed by atoms with van der Waals surface area (Å²) >= 11 is 3.49. The number of hydrogen-bond donors (Lipinski definition) is 1. The molecular formula is C12H18BrNO. The smallest absolute Gasteiger partial charge is 0.0715 e. The highest BCUT2D eigenvalue weighted by molar-refractivity contribution is 9.10. The van der Waals surface area contributed by atoms with E-state index in [4.69, 9.17) is 10.5 Å². The summed E-state index contributed by atoms with van der Waals surface area (Å²) in [4.78, 5) is 0. The quantitative estimate of drug-likeness (QED) is 0.808. The maximum absolute atomic E-state index is 5.49. The van der Waals surface area contributed by atoms with Crippen LogP contribution in [-0.4, -0.2) is 13.7 Å². The van der Waals surface area contributed by atoms with E-state index in [0.29, 0.717) is 6.61 Å². The van der Waals surface area contributed by atoms with Gasteiger partial charge in [-0.05, 0) is 49.1 Å². The molecule has 0 heterocycles. The van der Waals surface area contributed by atoms with Crippen LogP contribution in [0.2, 0.25) is 0 Å². The first-order valence-electron chi connectivity index (χ1n) is 5.24. The van der Waals surface area contributed by atoms with Gasteiger partial charge in [0.05, 0.1) is 6.61 Å². The first kappa shape index (κ1) is 12.7. The third kappa shape index (κ3) is 4.33. The number of benzene rings is 1. The van der Waals surface area contributed by atoms with Crippen LogP contribution in [-0.2, 0) is 17.8 Å². The summed E-state index contributed by atoms with van der Waals surface area (Å²) in [5, 5.41) is 0. The summed E-state index contributed by atoms with van der Waals surface area (Å²) in [6.45, 7) is 1.46. The van der Waals surface area contributed by atoms with Crippen molar-refractivity contribution in [2.75, 3.05) is 13.7 Å². The van der Waals surface area contributed by atoms with Gasteiger partial charge in [0.25, 0.3) is 0 Å². The van der Waals surface area contributed by atoms with Gasteiger partial charge in [-0.15, -0.1) is 0 Å². The van der Waals surface area contributed by atoms with Gasteiger partial charge in [-0.1, -0.05) is 22.0 Å². The zero-order valence-corrected chi connectivity index (χ0v) is 10.7. The molecule has 0 aliphatic heterocycles. The molecule has 0 aliphatic rings. The molecule has 1 aromatic rings. The monoisotopic (exact) mass is 271 g/mol. The van der Waals surface area contributed by atoms with Gasteiger partial charge in [0, 0.05) is 11.6 Å². The molecule has 3 heteroatoms. The summed E-state index contributed by atoms with van der Waals surface area (Å²) in [5.74, 6) is 0. The summed E-state index contributed by atoms with van der Waals surface area (Å²) in [5.41, 5.74) is 8.12. The van der Waals surface area contributed by atoms with Crippen molar-refractivity contribution in [2.24, 2.45) is 5.73 Å². The number of aryl methyl sites for hydroxylation is 1. The van der Waals surface area contributed by atoms with Crippen LogP contribution < -0.4 is 5.73 Å². The van der Waals surface area contributed by atoms with Crippen molar-refractivity contribution in [1.82, 2.24) is 0 Å². The standard InChI is InChI=1S/C12H18BrNO/c1-15-9-11-5-6-12(13)8-10(11)4-2-3-7-14/h5-6,8H,2-4,7,9,14H2,1H3. The molecule has 0 spiro atoms. The molecule has 0 atom stereocenters. The third-order valence-electron chi connectivity index (χ3n) is 2.37. The minimum atomic E-state index is 0.686. The van der Waals surface area contributed by atoms with Gasteiger partial charge in [0.2, 0.25) is 0 Å². The van der Waals surface area contributed by atoms with Gasteiger partial charge >= 0.3 is 0 Å². The van der Waals surface area contributed by atoms with Gasteiger partial charge in [0.15, 0.2) is 0 Å². The molecule has 0 amide bonds. The SMILES string of the molecule is COCc1ccc(Br)cc1CCCCN. The highest BCUT2D eigenvalue weighted by Crippen LogP contribution is 2.19. The van der Waals surface area contributed by atoms with E-state index >= 15 is 0 Å². The minimum absolute atomic E-state index is 0.686. The number of methoxy groups -OCH3 is 1. The highest BCUT2D eigenvalue weighted by atomic mass is 79.9. The Labute approximate surface area is 99.9 Å². The lowest BCUT2D eigenvalue weighted by Gasteiger charge is -2.09. The zero-order chi connectivity index (χ0) is 11.1. The van der Waals surface area contributed by atoms with Gasteiger partial charge in [-0.2, -0.15) is 0 Å². The second kappa shape index (κ2) is 6.99. The normalized spacial score (nSPS) is 10.6. The van der Waals surface area contributed by atoms with E-state index < -0.39 is 0 Å². The molecule has 84 valence electrons. The topological polar surface area (TPSA) is 35.2 Å². The summed E-state index contributed by atoms with van der Waals surface area (Å²) in [6.07, 6.45) is 3.30. The summed E-state index contributed by atoms with van der Waals surface area (Å²) < 4.78 is 6.30. The van der Waals surface area contributed by atoms with E-state index in [1.165, 1.54) is 11.1 Å². The predicted octanol–water partition coefficient (Wildman–Crippen LogP) is 2.88. The molecule has 0 fully saturated rings. The fourth-order valence-electron chi connectivity index (χ4n) is 1.58. The summed E-state index contributed by atoms with van der Waals surface area (Å²) in [6, 6.07) is 6.34. The maximum Gasteiger partial charge on any atom is 0.0715 e. The van der Waals surface area contributed by atoms with Crippen LogP contribution in [0, 0.1) is 0 Å². The zero-order valence-electron chi connectivity index (χ0n) is 9.13. The van der Waals surface area contributed by atoms with Crippen molar-refractivity contribution in [2.45, 2.75) is 25.9 Å². The van der Waals surface area contributed by atoms with E-state index in [1.807, 2.05) is 0 Å². The average Bonchev–Trinajstić information content (AvgIpc) is 2.22. The molecule has 0 bridgehead atoms. The molecule has 2 nitrogen and oxygen atoms in total. The Morgan fingerprint density at radius 3 is 2.73 bits per heavy atom. The molecule has 0 aliphatic carbocycles. The molecule has 0 aromatic heterocycles. The first-order valence-corrected chi connectivity index (χ1v) is 6.03. The molecule has 1 aromatic carbocycles. The fourth-order valence-corrected chi connectivity index (χ4v) is 1.99. The van der Waals surface area contributed by atoms with E-state index in [1.54, 1.807) is 7.11 Å². The van der Waals surface area contributed by atoms with Crippen molar-refractivity contribution in [3.05, 3.63) is 33.8 Å². The van der Waals surface area contributed by atoms with Crippen molar-refractivity contribution >= 4 is 15.9 Å². The Morgan fingerprint density at radius 1 is 1.27 bits per heavy atom. The van der Waals surface area contributed by atoms with Crippen LogP contribution in [0.1, 0.15) is 24.0 Å². The largest absolute Gasteiger partial charge is 0.380 e. The maximum atomic E-state index is 5.49. The Kier molecular flexibility index (Phi) is 5.91. The number of hydrogen-bond acceptors (Lipinski definition) is 2. The minimum Gasteiger partial charge on any atom is -0.380 e. The molecule has 1 rings (SSSR count). The van der Waals surface area contributed by atoms with Crippen molar-refractivity contribution < 1.29 is 4.74 Å². The Bertz CT molecular complexity index is 302. The number of nitrogens with two attached hydrogens (primary N) is 1. The fraction of sp³-hybridized carbons (Fsp3) is 0.500. The molecule has 0 radical (unpaired) electrons.